The van der Waals surface area contributed by atoms with Crippen LogP contribution in [0.1, 0.15) is 31.4 Å². The number of nitrogens with zero attached hydrogens (tertiary/aromatic N) is 1. The fraction of sp³-hybridized carbons (Fsp3) is 0.533. The fourth-order valence-electron chi connectivity index (χ4n) is 2.83. The Kier molecular flexibility index (Phi) is 4.93. The minimum Gasteiger partial charge on any atom is -0.368 e. The van der Waals surface area contributed by atoms with Gasteiger partial charge >= 0.3 is 0 Å². The van der Waals surface area contributed by atoms with Crippen molar-refractivity contribution >= 4 is 5.91 Å². The van der Waals surface area contributed by atoms with Gasteiger partial charge in [-0.1, -0.05) is 43.7 Å². The summed E-state index contributed by atoms with van der Waals surface area (Å²) < 4.78 is 0. The van der Waals surface area contributed by atoms with E-state index in [1.54, 1.807) is 0 Å². The minimum absolute atomic E-state index is 0.203. The number of hydrogen-bond donors (Lipinski definition) is 2. The Balaban J connectivity index is 2.24. The van der Waals surface area contributed by atoms with E-state index in [2.05, 4.69) is 41.4 Å². The van der Waals surface area contributed by atoms with Gasteiger partial charge in [0.25, 0.3) is 0 Å². The van der Waals surface area contributed by atoms with Crippen molar-refractivity contribution in [2.24, 2.45) is 5.73 Å². The second-order valence-electron chi connectivity index (χ2n) is 5.08. The third-order valence-corrected chi connectivity index (χ3v) is 3.76. The van der Waals surface area contributed by atoms with Crippen molar-refractivity contribution in [3.05, 3.63) is 35.9 Å². The van der Waals surface area contributed by atoms with Crippen LogP contribution in [-0.4, -0.2) is 36.5 Å². The van der Waals surface area contributed by atoms with Crippen LogP contribution in [0.25, 0.3) is 0 Å². The van der Waals surface area contributed by atoms with Crippen LogP contribution in [0.3, 0.4) is 0 Å². The van der Waals surface area contributed by atoms with E-state index in [1.807, 2.05) is 6.07 Å². The van der Waals surface area contributed by atoms with Crippen LogP contribution >= 0.6 is 0 Å². The molecule has 4 nitrogen and oxygen atoms in total. The molecule has 0 aliphatic carbocycles. The average molecular weight is 261 g/mol. The predicted molar refractivity (Wildman–Crippen MR) is 76.6 cm³/mol. The van der Waals surface area contributed by atoms with Crippen LogP contribution in [0.2, 0.25) is 0 Å². The van der Waals surface area contributed by atoms with E-state index in [0.29, 0.717) is 6.54 Å². The Morgan fingerprint density at radius 1 is 1.47 bits per heavy atom. The number of carbonyl (C=O) groups is 1. The molecule has 0 spiro atoms. The zero-order valence-electron chi connectivity index (χ0n) is 11.5. The Hall–Kier alpha value is -1.39. The number of carbonyl (C=O) groups excluding carboxylic acids is 1. The molecule has 0 bridgehead atoms. The number of amides is 1. The molecule has 2 rings (SSSR count). The maximum absolute atomic E-state index is 11.6. The highest BCUT2D eigenvalue weighted by molar-refractivity contribution is 5.80. The minimum atomic E-state index is -0.232. The van der Waals surface area contributed by atoms with Gasteiger partial charge in [-0.2, -0.15) is 0 Å². The molecule has 1 amide bonds. The third kappa shape index (κ3) is 3.33. The van der Waals surface area contributed by atoms with Gasteiger partial charge in [0.1, 0.15) is 6.04 Å². The van der Waals surface area contributed by atoms with Crippen LogP contribution < -0.4 is 11.1 Å². The van der Waals surface area contributed by atoms with Gasteiger partial charge < -0.3 is 11.1 Å². The van der Waals surface area contributed by atoms with Crippen molar-refractivity contribution < 1.29 is 4.79 Å². The topological polar surface area (TPSA) is 58.4 Å². The highest BCUT2D eigenvalue weighted by Crippen LogP contribution is 2.28. The van der Waals surface area contributed by atoms with Crippen LogP contribution in [0.15, 0.2) is 30.3 Å². The molecule has 1 aromatic carbocycles. The van der Waals surface area contributed by atoms with Gasteiger partial charge in [0.15, 0.2) is 0 Å². The van der Waals surface area contributed by atoms with Gasteiger partial charge in [-0.3, -0.25) is 9.69 Å². The summed E-state index contributed by atoms with van der Waals surface area (Å²) in [6.07, 6.45) is 2.14. The fourth-order valence-corrected chi connectivity index (χ4v) is 2.83. The van der Waals surface area contributed by atoms with Crippen LogP contribution in [0, 0.1) is 0 Å². The summed E-state index contributed by atoms with van der Waals surface area (Å²) in [6, 6.07) is 10.5. The molecule has 1 aliphatic heterocycles. The third-order valence-electron chi connectivity index (χ3n) is 3.76. The molecule has 1 aliphatic rings. The molecule has 1 aromatic rings. The van der Waals surface area contributed by atoms with E-state index < -0.39 is 0 Å². The number of benzene rings is 1. The lowest BCUT2D eigenvalue weighted by Crippen LogP contribution is -2.57. The van der Waals surface area contributed by atoms with Gasteiger partial charge in [0.05, 0.1) is 0 Å². The lowest BCUT2D eigenvalue weighted by Gasteiger charge is -2.40. The van der Waals surface area contributed by atoms with Crippen molar-refractivity contribution in [3.63, 3.8) is 0 Å². The van der Waals surface area contributed by atoms with Crippen LogP contribution in [-0.2, 0) is 4.79 Å². The van der Waals surface area contributed by atoms with Gasteiger partial charge in [0, 0.05) is 25.7 Å². The van der Waals surface area contributed by atoms with Gasteiger partial charge in [0.2, 0.25) is 5.91 Å². The molecule has 0 aromatic heterocycles. The molecule has 1 fully saturated rings. The lowest BCUT2D eigenvalue weighted by atomic mass is 9.97. The Bertz CT molecular complexity index is 407. The summed E-state index contributed by atoms with van der Waals surface area (Å²) in [5, 5.41) is 3.25. The SMILES string of the molecule is CCCC(c1ccccc1)N1CCNCC1C(N)=O. The van der Waals surface area contributed by atoms with Gasteiger partial charge in [-0.25, -0.2) is 0 Å². The second kappa shape index (κ2) is 6.68. The standard InChI is InChI=1S/C15H23N3O/c1-2-6-13(12-7-4-3-5-8-12)18-10-9-17-11-14(18)15(16)19/h3-5,7-8,13-14,17H,2,6,9-11H2,1H3,(H2,16,19). The highest BCUT2D eigenvalue weighted by atomic mass is 16.1. The number of nitrogens with one attached hydrogen (secondary N) is 1. The van der Waals surface area contributed by atoms with E-state index in [4.69, 9.17) is 5.73 Å². The van der Waals surface area contributed by atoms with Crippen LogP contribution in [0.4, 0.5) is 0 Å². The quantitative estimate of drug-likeness (QED) is 0.839. The number of rotatable bonds is 5. The summed E-state index contributed by atoms with van der Waals surface area (Å²) in [7, 11) is 0. The summed E-state index contributed by atoms with van der Waals surface area (Å²) in [5.41, 5.74) is 6.82. The Morgan fingerprint density at radius 3 is 2.84 bits per heavy atom. The van der Waals surface area contributed by atoms with E-state index in [-0.39, 0.29) is 18.0 Å². The summed E-state index contributed by atoms with van der Waals surface area (Å²) >= 11 is 0. The van der Waals surface area contributed by atoms with E-state index in [9.17, 15) is 4.79 Å². The normalized spacial score (nSPS) is 22.1. The van der Waals surface area contributed by atoms with Crippen LogP contribution in [0.5, 0.6) is 0 Å². The second-order valence-corrected chi connectivity index (χ2v) is 5.08. The molecule has 2 unspecified atom stereocenters. The Morgan fingerprint density at radius 2 is 2.21 bits per heavy atom. The lowest BCUT2D eigenvalue weighted by molar-refractivity contribution is -0.125. The first kappa shape index (κ1) is 14.0. The van der Waals surface area contributed by atoms with Gasteiger partial charge in [-0.05, 0) is 12.0 Å². The van der Waals surface area contributed by atoms with E-state index >= 15 is 0 Å². The summed E-state index contributed by atoms with van der Waals surface area (Å²) in [4.78, 5) is 13.9. The summed E-state index contributed by atoms with van der Waals surface area (Å²) in [6.45, 7) is 4.61. The largest absolute Gasteiger partial charge is 0.368 e. The van der Waals surface area contributed by atoms with Crippen molar-refractivity contribution in [1.82, 2.24) is 10.2 Å². The number of nitrogens with two attached hydrogens (primary N) is 1. The maximum atomic E-state index is 11.6. The highest BCUT2D eigenvalue weighted by Gasteiger charge is 2.32. The molecule has 1 saturated heterocycles. The molecule has 4 heteroatoms. The zero-order valence-corrected chi connectivity index (χ0v) is 11.5. The maximum Gasteiger partial charge on any atom is 0.236 e. The monoisotopic (exact) mass is 261 g/mol. The summed E-state index contributed by atoms with van der Waals surface area (Å²) in [5.74, 6) is -0.232. The molecule has 0 saturated carbocycles. The zero-order chi connectivity index (χ0) is 13.7. The first-order chi connectivity index (χ1) is 9.24. The first-order valence-electron chi connectivity index (χ1n) is 7.04. The van der Waals surface area contributed by atoms with Crippen molar-refractivity contribution in [1.29, 1.82) is 0 Å². The van der Waals surface area contributed by atoms with Gasteiger partial charge in [-0.15, -0.1) is 0 Å². The number of primary amides is 1. The molecular formula is C15H23N3O. The molecule has 1 heterocycles. The molecule has 19 heavy (non-hydrogen) atoms. The number of hydrogen-bond acceptors (Lipinski definition) is 3. The van der Waals surface area contributed by atoms with Crippen molar-refractivity contribution in [3.8, 4) is 0 Å². The van der Waals surface area contributed by atoms with E-state index in [1.165, 1.54) is 5.56 Å². The smallest absolute Gasteiger partial charge is 0.236 e. The average Bonchev–Trinajstić information content (AvgIpc) is 2.45. The molecule has 3 N–H and O–H groups in total. The first-order valence-corrected chi connectivity index (χ1v) is 7.04. The molecule has 104 valence electrons. The molecule has 2 atom stereocenters. The predicted octanol–water partition coefficient (Wildman–Crippen LogP) is 1.29. The van der Waals surface area contributed by atoms with E-state index in [0.717, 1.165) is 25.9 Å². The molecular weight excluding hydrogens is 238 g/mol. The Labute approximate surface area is 115 Å². The molecule has 0 radical (unpaired) electrons. The van der Waals surface area contributed by atoms with Crippen molar-refractivity contribution in [2.45, 2.75) is 31.8 Å². The number of piperazine rings is 1. The van der Waals surface area contributed by atoms with Crippen molar-refractivity contribution in [2.75, 3.05) is 19.6 Å².